The number of methoxy groups -OCH3 is 1. The van der Waals surface area contributed by atoms with Gasteiger partial charge < -0.3 is 15.8 Å². The third kappa shape index (κ3) is 4.56. The lowest BCUT2D eigenvalue weighted by Gasteiger charge is -2.13. The predicted octanol–water partition coefficient (Wildman–Crippen LogP) is 1.71. The molecule has 4 heteroatoms. The van der Waals surface area contributed by atoms with Crippen molar-refractivity contribution in [3.05, 3.63) is 28.8 Å². The second kappa shape index (κ2) is 7.14. The van der Waals surface area contributed by atoms with Crippen molar-refractivity contribution in [2.45, 2.75) is 39.7 Å². The first-order valence-electron chi connectivity index (χ1n) is 6.61. The minimum atomic E-state index is -0.0926. The first-order chi connectivity index (χ1) is 8.95. The molecule has 1 unspecified atom stereocenters. The van der Waals surface area contributed by atoms with Crippen molar-refractivity contribution >= 4 is 5.91 Å². The van der Waals surface area contributed by atoms with Gasteiger partial charge in [0.25, 0.3) is 0 Å². The molecule has 1 atom stereocenters. The highest BCUT2D eigenvalue weighted by Gasteiger charge is 2.08. The maximum absolute atomic E-state index is 11.5. The molecule has 4 nitrogen and oxygen atoms in total. The van der Waals surface area contributed by atoms with Crippen molar-refractivity contribution < 1.29 is 9.53 Å². The van der Waals surface area contributed by atoms with Crippen LogP contribution in [0.1, 0.15) is 30.0 Å². The summed E-state index contributed by atoms with van der Waals surface area (Å²) in [5.74, 6) is 0.917. The van der Waals surface area contributed by atoms with Gasteiger partial charge >= 0.3 is 0 Å². The second-order valence-corrected chi connectivity index (χ2v) is 4.96. The van der Waals surface area contributed by atoms with Crippen LogP contribution >= 0.6 is 0 Å². The minimum absolute atomic E-state index is 0.0119. The maximum atomic E-state index is 11.5. The molecule has 0 aliphatic rings. The number of carbonyl (C=O) groups is 1. The second-order valence-electron chi connectivity index (χ2n) is 4.96. The summed E-state index contributed by atoms with van der Waals surface area (Å²) in [4.78, 5) is 11.5. The van der Waals surface area contributed by atoms with Gasteiger partial charge in [0.1, 0.15) is 5.75 Å². The van der Waals surface area contributed by atoms with Crippen molar-refractivity contribution in [1.29, 1.82) is 0 Å². The number of nitrogens with one attached hydrogen (secondary N) is 1. The Hall–Kier alpha value is -1.55. The molecule has 1 aromatic rings. The van der Waals surface area contributed by atoms with Gasteiger partial charge in [-0.2, -0.15) is 0 Å². The lowest BCUT2D eigenvalue weighted by Crippen LogP contribution is -2.31. The fraction of sp³-hybridized carbons (Fsp3) is 0.533. The molecule has 0 aromatic heterocycles. The number of carbonyl (C=O) groups excluding carboxylic acids is 1. The van der Waals surface area contributed by atoms with Crippen LogP contribution in [0.3, 0.4) is 0 Å². The Kier molecular flexibility index (Phi) is 5.83. The van der Waals surface area contributed by atoms with E-state index in [9.17, 15) is 4.79 Å². The molecule has 0 spiro atoms. The molecule has 0 aliphatic heterocycles. The first-order valence-corrected chi connectivity index (χ1v) is 6.61. The van der Waals surface area contributed by atoms with Gasteiger partial charge in [0.05, 0.1) is 7.11 Å². The third-order valence-electron chi connectivity index (χ3n) is 3.29. The number of benzene rings is 1. The highest BCUT2D eigenvalue weighted by Crippen LogP contribution is 2.23. The number of rotatable bonds is 6. The zero-order valence-corrected chi connectivity index (χ0v) is 12.2. The van der Waals surface area contributed by atoms with Gasteiger partial charge in [-0.1, -0.05) is 6.07 Å². The molecule has 1 rings (SSSR count). The molecule has 106 valence electrons. The van der Waals surface area contributed by atoms with Gasteiger partial charge in [-0.15, -0.1) is 0 Å². The molecule has 0 fully saturated rings. The standard InChI is InChI=1S/C15H24N2O2/c1-10(16)9-15(18)17-8-7-13-5-6-14(19-4)12(3)11(13)2/h5-6,10H,7-9,16H2,1-4H3,(H,17,18). The van der Waals surface area contributed by atoms with E-state index in [0.29, 0.717) is 13.0 Å². The Morgan fingerprint density at radius 1 is 1.37 bits per heavy atom. The van der Waals surface area contributed by atoms with Crippen molar-refractivity contribution in [1.82, 2.24) is 5.32 Å². The summed E-state index contributed by atoms with van der Waals surface area (Å²) in [6.45, 7) is 6.60. The molecule has 19 heavy (non-hydrogen) atoms. The molecule has 3 N–H and O–H groups in total. The van der Waals surface area contributed by atoms with Gasteiger partial charge in [-0.05, 0) is 49.9 Å². The fourth-order valence-electron chi connectivity index (χ4n) is 2.05. The van der Waals surface area contributed by atoms with E-state index in [1.165, 1.54) is 11.1 Å². The van der Waals surface area contributed by atoms with Crippen LogP contribution in [0.4, 0.5) is 0 Å². The summed E-state index contributed by atoms with van der Waals surface area (Å²) in [6, 6.07) is 3.94. The van der Waals surface area contributed by atoms with Gasteiger partial charge in [-0.3, -0.25) is 4.79 Å². The topological polar surface area (TPSA) is 64.3 Å². The summed E-state index contributed by atoms with van der Waals surface area (Å²) in [7, 11) is 1.68. The molecule has 1 aromatic carbocycles. The van der Waals surface area contributed by atoms with Crippen LogP contribution in [0.5, 0.6) is 5.75 Å². The molecule has 0 heterocycles. The normalized spacial score (nSPS) is 12.1. The minimum Gasteiger partial charge on any atom is -0.496 e. The Bertz CT molecular complexity index is 442. The van der Waals surface area contributed by atoms with E-state index in [1.54, 1.807) is 7.11 Å². The quantitative estimate of drug-likeness (QED) is 0.822. The summed E-state index contributed by atoms with van der Waals surface area (Å²) in [5, 5.41) is 2.89. The zero-order chi connectivity index (χ0) is 14.4. The third-order valence-corrected chi connectivity index (χ3v) is 3.29. The van der Waals surface area contributed by atoms with Crippen molar-refractivity contribution in [2.24, 2.45) is 5.73 Å². The van der Waals surface area contributed by atoms with Crippen LogP contribution in [0.25, 0.3) is 0 Å². The Morgan fingerprint density at radius 3 is 2.63 bits per heavy atom. The van der Waals surface area contributed by atoms with Gasteiger partial charge in [0, 0.05) is 19.0 Å². The van der Waals surface area contributed by atoms with Crippen molar-refractivity contribution in [3.8, 4) is 5.75 Å². The first kappa shape index (κ1) is 15.5. The number of ether oxygens (including phenoxy) is 1. The van der Waals surface area contributed by atoms with E-state index in [-0.39, 0.29) is 11.9 Å². The lowest BCUT2D eigenvalue weighted by atomic mass is 10.00. The van der Waals surface area contributed by atoms with E-state index in [2.05, 4.69) is 18.3 Å². The number of hydrogen-bond donors (Lipinski definition) is 2. The van der Waals surface area contributed by atoms with E-state index in [1.807, 2.05) is 19.9 Å². The lowest BCUT2D eigenvalue weighted by molar-refractivity contribution is -0.121. The summed E-state index contributed by atoms with van der Waals surface area (Å²) in [6.07, 6.45) is 1.20. The highest BCUT2D eigenvalue weighted by molar-refractivity contribution is 5.76. The molecule has 0 bridgehead atoms. The van der Waals surface area contributed by atoms with E-state index < -0.39 is 0 Å². The Balaban J connectivity index is 2.55. The van der Waals surface area contributed by atoms with Gasteiger partial charge in [-0.25, -0.2) is 0 Å². The van der Waals surface area contributed by atoms with Crippen LogP contribution in [0, 0.1) is 13.8 Å². The van der Waals surface area contributed by atoms with Crippen LogP contribution in [-0.2, 0) is 11.2 Å². The number of nitrogens with two attached hydrogens (primary N) is 1. The van der Waals surface area contributed by atoms with Crippen LogP contribution in [0.2, 0.25) is 0 Å². The molecule has 1 amide bonds. The summed E-state index contributed by atoms with van der Waals surface area (Å²) in [5.41, 5.74) is 9.19. The monoisotopic (exact) mass is 264 g/mol. The summed E-state index contributed by atoms with van der Waals surface area (Å²) >= 11 is 0. The Labute approximate surface area is 115 Å². The molecule has 0 radical (unpaired) electrons. The average Bonchev–Trinajstić information content (AvgIpc) is 2.34. The van der Waals surface area contributed by atoms with Crippen molar-refractivity contribution in [2.75, 3.05) is 13.7 Å². The average molecular weight is 264 g/mol. The molecular formula is C15H24N2O2. The molecule has 0 saturated heterocycles. The van der Waals surface area contributed by atoms with E-state index >= 15 is 0 Å². The smallest absolute Gasteiger partial charge is 0.221 e. The van der Waals surface area contributed by atoms with Crippen LogP contribution in [-0.4, -0.2) is 25.6 Å². The fourth-order valence-corrected chi connectivity index (χ4v) is 2.05. The molecular weight excluding hydrogens is 240 g/mol. The number of hydrogen-bond acceptors (Lipinski definition) is 3. The predicted molar refractivity (Wildman–Crippen MR) is 77.4 cm³/mol. The molecule has 0 aliphatic carbocycles. The number of amides is 1. The van der Waals surface area contributed by atoms with Crippen LogP contribution in [0.15, 0.2) is 12.1 Å². The van der Waals surface area contributed by atoms with E-state index in [4.69, 9.17) is 10.5 Å². The Morgan fingerprint density at radius 2 is 2.05 bits per heavy atom. The van der Waals surface area contributed by atoms with Crippen molar-refractivity contribution in [3.63, 3.8) is 0 Å². The highest BCUT2D eigenvalue weighted by atomic mass is 16.5. The summed E-state index contributed by atoms with van der Waals surface area (Å²) < 4.78 is 5.28. The maximum Gasteiger partial charge on any atom is 0.221 e. The van der Waals surface area contributed by atoms with E-state index in [0.717, 1.165) is 17.7 Å². The zero-order valence-electron chi connectivity index (χ0n) is 12.2. The largest absolute Gasteiger partial charge is 0.496 e. The van der Waals surface area contributed by atoms with Crippen LogP contribution < -0.4 is 15.8 Å². The SMILES string of the molecule is COc1ccc(CCNC(=O)CC(C)N)c(C)c1C. The van der Waals surface area contributed by atoms with Gasteiger partial charge in [0.2, 0.25) is 5.91 Å². The van der Waals surface area contributed by atoms with Gasteiger partial charge in [0.15, 0.2) is 0 Å². The molecule has 0 saturated carbocycles.